The SMILES string of the molecule is COc1cc2ncnc(Oc3ccc(C(N)=O)cc3F)c2cc1OCCCN1CCOCC1. The van der Waals surface area contributed by atoms with Crippen LogP contribution in [-0.2, 0) is 4.74 Å². The Morgan fingerprint density at radius 1 is 1.15 bits per heavy atom. The minimum absolute atomic E-state index is 0.0462. The first-order chi connectivity index (χ1) is 16.0. The van der Waals surface area contributed by atoms with Gasteiger partial charge in [-0.2, -0.15) is 0 Å². The predicted octanol–water partition coefficient (Wildman–Crippen LogP) is 2.77. The second kappa shape index (κ2) is 10.4. The zero-order valence-electron chi connectivity index (χ0n) is 18.3. The molecule has 10 heteroatoms. The fourth-order valence-corrected chi connectivity index (χ4v) is 3.53. The van der Waals surface area contributed by atoms with Gasteiger partial charge >= 0.3 is 0 Å². The largest absolute Gasteiger partial charge is 0.493 e. The van der Waals surface area contributed by atoms with Crippen molar-refractivity contribution in [1.29, 1.82) is 0 Å². The summed E-state index contributed by atoms with van der Waals surface area (Å²) in [5.74, 6) is -0.372. The van der Waals surface area contributed by atoms with Crippen LogP contribution in [-0.4, -0.2) is 67.3 Å². The van der Waals surface area contributed by atoms with Gasteiger partial charge in [-0.3, -0.25) is 9.69 Å². The maximum Gasteiger partial charge on any atom is 0.248 e. The Labute approximate surface area is 190 Å². The molecule has 1 aliphatic heterocycles. The van der Waals surface area contributed by atoms with E-state index < -0.39 is 11.7 Å². The number of amides is 1. The van der Waals surface area contributed by atoms with Gasteiger partial charge in [0.15, 0.2) is 23.1 Å². The number of nitrogens with zero attached hydrogens (tertiary/aromatic N) is 3. The highest BCUT2D eigenvalue weighted by Gasteiger charge is 2.16. The Hall–Kier alpha value is -3.50. The molecule has 2 heterocycles. The van der Waals surface area contributed by atoms with E-state index in [4.69, 9.17) is 24.7 Å². The third-order valence-corrected chi connectivity index (χ3v) is 5.29. The summed E-state index contributed by atoms with van der Waals surface area (Å²) in [6.07, 6.45) is 2.16. The number of hydrogen-bond acceptors (Lipinski definition) is 8. The van der Waals surface area contributed by atoms with Crippen molar-refractivity contribution in [3.63, 3.8) is 0 Å². The highest BCUT2D eigenvalue weighted by atomic mass is 19.1. The molecule has 1 aromatic heterocycles. The topological polar surface area (TPSA) is 109 Å². The Morgan fingerprint density at radius 3 is 2.70 bits per heavy atom. The molecule has 3 aromatic rings. The number of carbonyl (C=O) groups excluding carboxylic acids is 1. The quantitative estimate of drug-likeness (QED) is 0.490. The molecule has 0 aliphatic carbocycles. The number of carbonyl (C=O) groups is 1. The van der Waals surface area contributed by atoms with E-state index in [2.05, 4.69) is 14.9 Å². The molecule has 1 saturated heterocycles. The number of hydrogen-bond donors (Lipinski definition) is 1. The van der Waals surface area contributed by atoms with Crippen LogP contribution in [0.15, 0.2) is 36.7 Å². The van der Waals surface area contributed by atoms with E-state index in [9.17, 15) is 9.18 Å². The third-order valence-electron chi connectivity index (χ3n) is 5.29. The van der Waals surface area contributed by atoms with Crippen LogP contribution in [0.25, 0.3) is 10.9 Å². The smallest absolute Gasteiger partial charge is 0.248 e. The minimum Gasteiger partial charge on any atom is -0.493 e. The summed E-state index contributed by atoms with van der Waals surface area (Å²) in [5.41, 5.74) is 5.79. The average Bonchev–Trinajstić information content (AvgIpc) is 2.83. The van der Waals surface area contributed by atoms with E-state index in [0.29, 0.717) is 29.0 Å². The summed E-state index contributed by atoms with van der Waals surface area (Å²) in [4.78, 5) is 22.0. The Balaban J connectivity index is 1.52. The molecule has 33 heavy (non-hydrogen) atoms. The molecule has 1 fully saturated rings. The van der Waals surface area contributed by atoms with E-state index in [1.54, 1.807) is 19.2 Å². The van der Waals surface area contributed by atoms with Crippen LogP contribution in [0.3, 0.4) is 0 Å². The normalized spacial score (nSPS) is 14.2. The molecule has 9 nitrogen and oxygen atoms in total. The zero-order valence-corrected chi connectivity index (χ0v) is 18.3. The monoisotopic (exact) mass is 456 g/mol. The first-order valence-electron chi connectivity index (χ1n) is 10.6. The number of benzene rings is 2. The summed E-state index contributed by atoms with van der Waals surface area (Å²) in [5, 5.41) is 0.528. The van der Waals surface area contributed by atoms with E-state index in [-0.39, 0.29) is 17.2 Å². The van der Waals surface area contributed by atoms with Crippen LogP contribution in [0, 0.1) is 5.82 Å². The number of ether oxygens (including phenoxy) is 4. The molecular formula is C23H25FN4O5. The average molecular weight is 456 g/mol. The molecule has 0 saturated carbocycles. The number of primary amides is 1. The van der Waals surface area contributed by atoms with E-state index in [1.807, 2.05) is 0 Å². The first kappa shape index (κ1) is 22.7. The summed E-state index contributed by atoms with van der Waals surface area (Å²) >= 11 is 0. The van der Waals surface area contributed by atoms with Crippen molar-refractivity contribution in [1.82, 2.24) is 14.9 Å². The highest BCUT2D eigenvalue weighted by Crippen LogP contribution is 2.36. The third kappa shape index (κ3) is 5.47. The summed E-state index contributed by atoms with van der Waals surface area (Å²) in [7, 11) is 1.55. The maximum absolute atomic E-state index is 14.4. The second-order valence-electron chi connectivity index (χ2n) is 7.47. The molecule has 0 bridgehead atoms. The number of aromatic nitrogens is 2. The van der Waals surface area contributed by atoms with Crippen molar-refractivity contribution in [2.45, 2.75) is 6.42 Å². The van der Waals surface area contributed by atoms with Crippen molar-refractivity contribution in [2.75, 3.05) is 46.6 Å². The first-order valence-corrected chi connectivity index (χ1v) is 10.6. The zero-order chi connectivity index (χ0) is 23.2. The lowest BCUT2D eigenvalue weighted by molar-refractivity contribution is 0.0357. The van der Waals surface area contributed by atoms with Crippen LogP contribution in [0.5, 0.6) is 23.1 Å². The van der Waals surface area contributed by atoms with Gasteiger partial charge in [0, 0.05) is 31.3 Å². The lowest BCUT2D eigenvalue weighted by Crippen LogP contribution is -2.37. The Morgan fingerprint density at radius 2 is 1.97 bits per heavy atom. The standard InChI is InChI=1S/C23H25FN4O5/c1-30-20-13-18-16(12-21(20)32-8-2-5-28-6-9-31-10-7-28)23(27-14-26-18)33-19-4-3-15(22(25)29)11-17(19)24/h3-4,11-14H,2,5-10H2,1H3,(H2,25,29). The Bertz CT molecular complexity index is 1140. The number of methoxy groups -OCH3 is 1. The minimum atomic E-state index is -0.730. The van der Waals surface area contributed by atoms with Gasteiger partial charge in [0.25, 0.3) is 0 Å². The Kier molecular flexibility index (Phi) is 7.16. The van der Waals surface area contributed by atoms with Gasteiger partial charge in [-0.05, 0) is 30.7 Å². The molecular weight excluding hydrogens is 431 g/mol. The van der Waals surface area contributed by atoms with Crippen LogP contribution >= 0.6 is 0 Å². The van der Waals surface area contributed by atoms with Crippen LogP contribution in [0.4, 0.5) is 4.39 Å². The van der Waals surface area contributed by atoms with Crippen LogP contribution < -0.4 is 19.9 Å². The summed E-state index contributed by atoms with van der Waals surface area (Å²) < 4.78 is 36.9. The number of nitrogens with two attached hydrogens (primary N) is 1. The number of fused-ring (bicyclic) bond motifs is 1. The van der Waals surface area contributed by atoms with Gasteiger partial charge < -0.3 is 24.7 Å². The second-order valence-corrected chi connectivity index (χ2v) is 7.47. The lowest BCUT2D eigenvalue weighted by Gasteiger charge is -2.26. The maximum atomic E-state index is 14.4. The molecule has 4 rings (SSSR count). The lowest BCUT2D eigenvalue weighted by atomic mass is 10.2. The molecule has 0 radical (unpaired) electrons. The van der Waals surface area contributed by atoms with Crippen LogP contribution in [0.1, 0.15) is 16.8 Å². The number of halogens is 1. The van der Waals surface area contributed by atoms with Gasteiger partial charge in [-0.1, -0.05) is 0 Å². The van der Waals surface area contributed by atoms with Crippen molar-refractivity contribution in [2.24, 2.45) is 5.73 Å². The van der Waals surface area contributed by atoms with E-state index in [0.717, 1.165) is 45.3 Å². The summed E-state index contributed by atoms with van der Waals surface area (Å²) in [6.45, 7) is 4.77. The number of morpholine rings is 1. The van der Waals surface area contributed by atoms with Gasteiger partial charge in [0.2, 0.25) is 11.8 Å². The van der Waals surface area contributed by atoms with Gasteiger partial charge in [0.05, 0.1) is 37.8 Å². The fourth-order valence-electron chi connectivity index (χ4n) is 3.53. The van der Waals surface area contributed by atoms with E-state index >= 15 is 0 Å². The van der Waals surface area contributed by atoms with Gasteiger partial charge in [-0.15, -0.1) is 0 Å². The van der Waals surface area contributed by atoms with Gasteiger partial charge in [-0.25, -0.2) is 14.4 Å². The van der Waals surface area contributed by atoms with Crippen LogP contribution in [0.2, 0.25) is 0 Å². The fraction of sp³-hybridized carbons (Fsp3) is 0.348. The molecule has 0 spiro atoms. The highest BCUT2D eigenvalue weighted by molar-refractivity contribution is 5.93. The van der Waals surface area contributed by atoms with E-state index in [1.165, 1.54) is 18.5 Å². The molecule has 2 aromatic carbocycles. The molecule has 1 amide bonds. The molecule has 0 unspecified atom stereocenters. The van der Waals surface area contributed by atoms with Gasteiger partial charge in [0.1, 0.15) is 6.33 Å². The van der Waals surface area contributed by atoms with Crippen molar-refractivity contribution < 1.29 is 28.1 Å². The van der Waals surface area contributed by atoms with Crippen molar-refractivity contribution in [3.05, 3.63) is 48.0 Å². The van der Waals surface area contributed by atoms with Crippen molar-refractivity contribution in [3.8, 4) is 23.1 Å². The van der Waals surface area contributed by atoms with Crippen molar-refractivity contribution >= 4 is 16.8 Å². The molecule has 0 atom stereocenters. The molecule has 2 N–H and O–H groups in total. The molecule has 174 valence electrons. The summed E-state index contributed by atoms with van der Waals surface area (Å²) in [6, 6.07) is 7.17. The molecule has 1 aliphatic rings. The number of rotatable bonds is 9. The predicted molar refractivity (Wildman–Crippen MR) is 118 cm³/mol.